The molecule has 0 bridgehead atoms. The van der Waals surface area contributed by atoms with Crippen molar-refractivity contribution in [3.63, 3.8) is 0 Å². The highest BCUT2D eigenvalue weighted by Crippen LogP contribution is 2.23. The van der Waals surface area contributed by atoms with Gasteiger partial charge in [-0.1, -0.05) is 22.0 Å². The van der Waals surface area contributed by atoms with Crippen LogP contribution in [0.15, 0.2) is 57.9 Å². The third kappa shape index (κ3) is 6.04. The zero-order chi connectivity index (χ0) is 22.6. The zero-order valence-electron chi connectivity index (χ0n) is 16.7. The molecule has 168 valence electrons. The van der Waals surface area contributed by atoms with Gasteiger partial charge in [-0.25, -0.2) is 16.8 Å². The second-order valence-corrected chi connectivity index (χ2v) is 11.6. The van der Waals surface area contributed by atoms with E-state index in [0.29, 0.717) is 29.1 Å². The number of carbonyl (C=O) groups excluding carboxylic acids is 1. The first-order valence-electron chi connectivity index (χ1n) is 9.28. The number of anilines is 2. The van der Waals surface area contributed by atoms with Crippen LogP contribution in [0.3, 0.4) is 0 Å². The molecule has 9 nitrogen and oxygen atoms in total. The van der Waals surface area contributed by atoms with Gasteiger partial charge in [-0.15, -0.1) is 0 Å². The molecular weight excluding hydrogens is 510 g/mol. The average Bonchev–Trinajstić information content (AvgIpc) is 2.72. The minimum Gasteiger partial charge on any atom is -0.379 e. The molecule has 1 fully saturated rings. The highest BCUT2D eigenvalue weighted by atomic mass is 79.9. The highest BCUT2D eigenvalue weighted by molar-refractivity contribution is 9.10. The number of nitrogens with one attached hydrogen (secondary N) is 1. The molecule has 2 aromatic carbocycles. The largest absolute Gasteiger partial charge is 0.379 e. The summed E-state index contributed by atoms with van der Waals surface area (Å²) < 4.78 is 57.9. The Balaban J connectivity index is 1.71. The summed E-state index contributed by atoms with van der Waals surface area (Å²) in [6.45, 7) is 0.850. The summed E-state index contributed by atoms with van der Waals surface area (Å²) >= 11 is 3.29. The monoisotopic (exact) mass is 531 g/mol. The first kappa shape index (κ1) is 23.7. The van der Waals surface area contributed by atoms with Gasteiger partial charge in [0.05, 0.1) is 30.1 Å². The lowest BCUT2D eigenvalue weighted by atomic mass is 10.3. The van der Waals surface area contributed by atoms with Crippen LogP contribution in [0.4, 0.5) is 11.4 Å². The summed E-state index contributed by atoms with van der Waals surface area (Å²) in [5.74, 6) is -0.561. The van der Waals surface area contributed by atoms with E-state index in [4.69, 9.17) is 4.74 Å². The molecule has 2 aromatic rings. The van der Waals surface area contributed by atoms with Gasteiger partial charge in [0.15, 0.2) is 0 Å². The van der Waals surface area contributed by atoms with Crippen LogP contribution in [0.2, 0.25) is 0 Å². The fraction of sp³-hybridized carbons (Fsp3) is 0.316. The molecule has 1 heterocycles. The number of hydrogen-bond donors (Lipinski definition) is 1. The van der Waals surface area contributed by atoms with Crippen molar-refractivity contribution >= 4 is 53.3 Å². The quantitative estimate of drug-likeness (QED) is 0.583. The molecule has 0 radical (unpaired) electrons. The number of rotatable bonds is 7. The Morgan fingerprint density at radius 3 is 2.32 bits per heavy atom. The number of amides is 1. The second-order valence-electron chi connectivity index (χ2n) is 6.84. The van der Waals surface area contributed by atoms with Gasteiger partial charge in [-0.3, -0.25) is 9.10 Å². The minimum absolute atomic E-state index is 0.110. The Kier molecular flexibility index (Phi) is 7.37. The lowest BCUT2D eigenvalue weighted by Gasteiger charge is -2.26. The molecule has 0 aromatic heterocycles. The topological polar surface area (TPSA) is 113 Å². The van der Waals surface area contributed by atoms with Gasteiger partial charge < -0.3 is 10.1 Å². The second kappa shape index (κ2) is 9.65. The van der Waals surface area contributed by atoms with Gasteiger partial charge >= 0.3 is 0 Å². The molecule has 1 saturated heterocycles. The van der Waals surface area contributed by atoms with Gasteiger partial charge in [0.2, 0.25) is 26.0 Å². The molecule has 1 aliphatic heterocycles. The molecule has 1 N–H and O–H groups in total. The molecule has 0 unspecified atom stereocenters. The van der Waals surface area contributed by atoms with Crippen LogP contribution < -0.4 is 9.62 Å². The smallest absolute Gasteiger partial charge is 0.245 e. The zero-order valence-corrected chi connectivity index (χ0v) is 19.9. The fourth-order valence-electron chi connectivity index (χ4n) is 3.01. The van der Waals surface area contributed by atoms with Crippen molar-refractivity contribution in [2.45, 2.75) is 4.90 Å². The van der Waals surface area contributed by atoms with E-state index < -0.39 is 32.5 Å². The summed E-state index contributed by atoms with van der Waals surface area (Å²) in [4.78, 5) is 12.6. The molecule has 1 amide bonds. The molecule has 0 aliphatic carbocycles. The first-order valence-corrected chi connectivity index (χ1v) is 13.4. The van der Waals surface area contributed by atoms with Crippen LogP contribution in [-0.2, 0) is 29.6 Å². The SMILES string of the molecule is CS(=O)(=O)N(CC(=O)Nc1ccc(S(=O)(=O)N2CCOCC2)cc1)c1cccc(Br)c1. The maximum Gasteiger partial charge on any atom is 0.245 e. The number of halogens is 1. The molecular formula is C19H22BrN3O6S2. The molecule has 1 aliphatic rings. The molecule has 3 rings (SSSR count). The summed E-state index contributed by atoms with van der Waals surface area (Å²) in [5, 5.41) is 2.60. The minimum atomic E-state index is -3.70. The lowest BCUT2D eigenvalue weighted by molar-refractivity contribution is -0.114. The summed E-state index contributed by atoms with van der Waals surface area (Å²) in [5.41, 5.74) is 0.701. The first-order chi connectivity index (χ1) is 14.6. The number of ether oxygens (including phenoxy) is 1. The number of carbonyl (C=O) groups is 1. The van der Waals surface area contributed by atoms with Gasteiger partial charge in [-0.2, -0.15) is 4.31 Å². The van der Waals surface area contributed by atoms with Crippen LogP contribution in [0.1, 0.15) is 0 Å². The lowest BCUT2D eigenvalue weighted by Crippen LogP contribution is -2.40. The highest BCUT2D eigenvalue weighted by Gasteiger charge is 2.26. The van der Waals surface area contributed by atoms with Crippen molar-refractivity contribution in [1.29, 1.82) is 0 Å². The van der Waals surface area contributed by atoms with Crippen molar-refractivity contribution in [2.24, 2.45) is 0 Å². The Bertz CT molecular complexity index is 1150. The van der Waals surface area contributed by atoms with Crippen LogP contribution in [0, 0.1) is 0 Å². The van der Waals surface area contributed by atoms with Crippen LogP contribution in [-0.4, -0.2) is 66.2 Å². The fourth-order valence-corrected chi connectivity index (χ4v) is 5.65. The van der Waals surface area contributed by atoms with Crippen LogP contribution in [0.25, 0.3) is 0 Å². The maximum absolute atomic E-state index is 12.7. The van der Waals surface area contributed by atoms with Gasteiger partial charge in [0.1, 0.15) is 6.54 Å². The molecule has 12 heteroatoms. The Hall–Kier alpha value is -1.99. The predicted molar refractivity (Wildman–Crippen MR) is 121 cm³/mol. The average molecular weight is 532 g/mol. The van der Waals surface area contributed by atoms with Gasteiger partial charge in [0, 0.05) is 23.2 Å². The summed E-state index contributed by atoms with van der Waals surface area (Å²) in [7, 11) is -7.34. The van der Waals surface area contributed by atoms with Crippen molar-refractivity contribution in [1.82, 2.24) is 4.31 Å². The number of sulfonamides is 2. The summed E-state index contributed by atoms with van der Waals surface area (Å²) in [6, 6.07) is 12.3. The van der Waals surface area contributed by atoms with E-state index in [1.165, 1.54) is 28.6 Å². The van der Waals surface area contributed by atoms with E-state index in [-0.39, 0.29) is 18.0 Å². The predicted octanol–water partition coefficient (Wildman–Crippen LogP) is 1.87. The van der Waals surface area contributed by atoms with Crippen LogP contribution >= 0.6 is 15.9 Å². The van der Waals surface area contributed by atoms with Gasteiger partial charge in [0.25, 0.3) is 0 Å². The number of nitrogens with zero attached hydrogens (tertiary/aromatic N) is 2. The number of hydrogen-bond acceptors (Lipinski definition) is 6. The third-order valence-corrected chi connectivity index (χ3v) is 8.08. The van der Waals surface area contributed by atoms with E-state index in [1.54, 1.807) is 24.3 Å². The Morgan fingerprint density at radius 2 is 1.74 bits per heavy atom. The van der Waals surface area contributed by atoms with E-state index in [0.717, 1.165) is 10.6 Å². The van der Waals surface area contributed by atoms with Crippen LogP contribution in [0.5, 0.6) is 0 Å². The maximum atomic E-state index is 12.7. The van der Waals surface area contributed by atoms with E-state index in [1.807, 2.05) is 0 Å². The Labute approximate surface area is 190 Å². The summed E-state index contributed by atoms with van der Waals surface area (Å²) in [6.07, 6.45) is 1.02. The standard InChI is InChI=1S/C19H22BrN3O6S2/c1-30(25,26)23(17-4-2-3-15(20)13-17)14-19(24)21-16-5-7-18(8-6-16)31(27,28)22-9-11-29-12-10-22/h2-8,13H,9-12,14H2,1H3,(H,21,24). The van der Waals surface area contributed by atoms with Gasteiger partial charge in [-0.05, 0) is 42.5 Å². The molecule has 0 spiro atoms. The van der Waals surface area contributed by atoms with E-state index in [9.17, 15) is 21.6 Å². The van der Waals surface area contributed by atoms with Crippen molar-refractivity contribution in [3.8, 4) is 0 Å². The normalized spacial score (nSPS) is 15.4. The molecule has 0 atom stereocenters. The third-order valence-electron chi connectivity index (χ3n) is 4.53. The van der Waals surface area contributed by atoms with Crippen molar-refractivity contribution in [2.75, 3.05) is 48.7 Å². The molecule has 31 heavy (non-hydrogen) atoms. The van der Waals surface area contributed by atoms with E-state index in [2.05, 4.69) is 21.2 Å². The van der Waals surface area contributed by atoms with Crippen molar-refractivity contribution in [3.05, 3.63) is 53.0 Å². The van der Waals surface area contributed by atoms with Crippen molar-refractivity contribution < 1.29 is 26.4 Å². The number of benzene rings is 2. The Morgan fingerprint density at radius 1 is 1.10 bits per heavy atom. The molecule has 0 saturated carbocycles. The van der Waals surface area contributed by atoms with E-state index >= 15 is 0 Å². The number of morpholine rings is 1.